The summed E-state index contributed by atoms with van der Waals surface area (Å²) in [5, 5.41) is 8.93. The Labute approximate surface area is 161 Å². The summed E-state index contributed by atoms with van der Waals surface area (Å²) in [7, 11) is -3.20. The summed E-state index contributed by atoms with van der Waals surface area (Å²) < 4.78 is 30.0. The number of carbonyl (C=O) groups is 1. The molecule has 142 valence electrons. The smallest absolute Gasteiger partial charge is 0.230 e. The highest BCUT2D eigenvalue weighted by Gasteiger charge is 2.26. The van der Waals surface area contributed by atoms with E-state index in [0.717, 1.165) is 29.2 Å². The zero-order valence-corrected chi connectivity index (χ0v) is 16.8. The van der Waals surface area contributed by atoms with Crippen LogP contribution < -0.4 is 5.32 Å². The molecule has 0 spiro atoms. The normalized spacial score (nSPS) is 18.7. The third-order valence-corrected chi connectivity index (χ3v) is 7.14. The van der Waals surface area contributed by atoms with Gasteiger partial charge in [-0.3, -0.25) is 4.79 Å². The van der Waals surface area contributed by atoms with Crippen molar-refractivity contribution >= 4 is 39.0 Å². The first-order chi connectivity index (χ1) is 12.4. The first-order valence-corrected chi connectivity index (χ1v) is 12.1. The van der Waals surface area contributed by atoms with Gasteiger partial charge in [-0.05, 0) is 24.3 Å². The van der Waals surface area contributed by atoms with Crippen LogP contribution in [0.1, 0.15) is 18.5 Å². The van der Waals surface area contributed by atoms with Crippen LogP contribution in [0, 0.1) is 0 Å². The van der Waals surface area contributed by atoms with Gasteiger partial charge in [-0.15, -0.1) is 23.1 Å². The van der Waals surface area contributed by atoms with E-state index in [1.54, 1.807) is 11.3 Å². The van der Waals surface area contributed by atoms with Crippen LogP contribution in [0.4, 0.5) is 0 Å². The molecule has 0 bridgehead atoms. The van der Waals surface area contributed by atoms with Crippen molar-refractivity contribution in [2.45, 2.75) is 24.6 Å². The van der Waals surface area contributed by atoms with Crippen LogP contribution in [0.25, 0.3) is 10.6 Å². The molecular formula is C16H21N3O4S3. The zero-order chi connectivity index (χ0) is 18.6. The summed E-state index contributed by atoms with van der Waals surface area (Å²) in [6.07, 6.45) is 2.76. The van der Waals surface area contributed by atoms with Crippen LogP contribution in [0.5, 0.6) is 0 Å². The monoisotopic (exact) mass is 415 g/mol. The van der Waals surface area contributed by atoms with Crippen LogP contribution in [-0.2, 0) is 20.6 Å². The Morgan fingerprint density at radius 2 is 2.38 bits per heavy atom. The van der Waals surface area contributed by atoms with Gasteiger partial charge in [0, 0.05) is 31.0 Å². The molecule has 10 heteroatoms. The molecule has 7 nitrogen and oxygen atoms in total. The maximum atomic E-state index is 12.1. The standard InChI is InChI=1S/C16H21N3O4S3/c1-26(21,22)19-6-2-4-12(9-19)17-16(20)11-24-10-13-8-14(23-18-13)15-5-3-7-25-15/h3,5,7-8,12H,2,4,6,9-11H2,1H3,(H,17,20)/t12-/m0/s1. The lowest BCUT2D eigenvalue weighted by atomic mass is 10.1. The second-order valence-electron chi connectivity index (χ2n) is 6.18. The predicted octanol–water partition coefficient (Wildman–Crippen LogP) is 2.18. The molecule has 1 aliphatic heterocycles. The van der Waals surface area contributed by atoms with Gasteiger partial charge in [0.15, 0.2) is 5.76 Å². The van der Waals surface area contributed by atoms with Crippen molar-refractivity contribution < 1.29 is 17.7 Å². The number of amides is 1. The Kier molecular flexibility index (Phi) is 6.38. The van der Waals surface area contributed by atoms with E-state index in [4.69, 9.17) is 4.52 Å². The Morgan fingerprint density at radius 3 is 3.12 bits per heavy atom. The fourth-order valence-corrected chi connectivity index (χ4v) is 5.09. The molecule has 0 aliphatic carbocycles. The molecule has 1 saturated heterocycles. The molecule has 2 aromatic heterocycles. The van der Waals surface area contributed by atoms with Gasteiger partial charge in [0.2, 0.25) is 15.9 Å². The number of rotatable bonds is 7. The van der Waals surface area contributed by atoms with Crippen molar-refractivity contribution in [3.63, 3.8) is 0 Å². The van der Waals surface area contributed by atoms with Gasteiger partial charge in [0.05, 0.1) is 22.6 Å². The number of nitrogens with one attached hydrogen (secondary N) is 1. The number of carbonyl (C=O) groups excluding carboxylic acids is 1. The minimum atomic E-state index is -3.20. The van der Waals surface area contributed by atoms with Gasteiger partial charge in [-0.25, -0.2) is 12.7 Å². The molecule has 1 fully saturated rings. The molecule has 0 saturated carbocycles. The van der Waals surface area contributed by atoms with Gasteiger partial charge >= 0.3 is 0 Å². The second kappa shape index (κ2) is 8.55. The number of aromatic nitrogens is 1. The van der Waals surface area contributed by atoms with Crippen molar-refractivity contribution in [1.82, 2.24) is 14.8 Å². The molecule has 26 heavy (non-hydrogen) atoms. The Balaban J connectivity index is 1.42. The van der Waals surface area contributed by atoms with E-state index < -0.39 is 10.0 Å². The molecule has 1 aliphatic rings. The summed E-state index contributed by atoms with van der Waals surface area (Å²) in [6, 6.07) is 5.70. The van der Waals surface area contributed by atoms with E-state index in [1.807, 2.05) is 23.6 Å². The first kappa shape index (κ1) is 19.4. The third kappa shape index (κ3) is 5.32. The highest BCUT2D eigenvalue weighted by molar-refractivity contribution is 7.99. The summed E-state index contributed by atoms with van der Waals surface area (Å²) in [5.41, 5.74) is 0.798. The average Bonchev–Trinajstić information content (AvgIpc) is 3.25. The van der Waals surface area contributed by atoms with Crippen molar-refractivity contribution in [2.75, 3.05) is 25.1 Å². The topological polar surface area (TPSA) is 92.5 Å². The third-order valence-electron chi connectivity index (χ3n) is 4.02. The van der Waals surface area contributed by atoms with E-state index in [-0.39, 0.29) is 11.9 Å². The van der Waals surface area contributed by atoms with Gasteiger partial charge in [-0.2, -0.15) is 0 Å². The van der Waals surface area contributed by atoms with Crippen LogP contribution >= 0.6 is 23.1 Å². The number of hydrogen-bond donors (Lipinski definition) is 1. The van der Waals surface area contributed by atoms with E-state index >= 15 is 0 Å². The van der Waals surface area contributed by atoms with E-state index in [0.29, 0.717) is 24.6 Å². The van der Waals surface area contributed by atoms with Crippen LogP contribution in [0.15, 0.2) is 28.1 Å². The van der Waals surface area contributed by atoms with Crippen molar-refractivity contribution in [3.8, 4) is 10.6 Å². The van der Waals surface area contributed by atoms with Gasteiger partial charge in [0.25, 0.3) is 0 Å². The molecular weight excluding hydrogens is 394 g/mol. The fourth-order valence-electron chi connectivity index (χ4n) is 2.79. The molecule has 3 rings (SSSR count). The molecule has 0 radical (unpaired) electrons. The number of sulfonamides is 1. The minimum Gasteiger partial charge on any atom is -0.355 e. The van der Waals surface area contributed by atoms with Crippen molar-refractivity contribution in [3.05, 3.63) is 29.3 Å². The SMILES string of the molecule is CS(=O)(=O)N1CCC[C@H](NC(=O)CSCc2cc(-c3cccs3)on2)C1. The van der Waals surface area contributed by atoms with Crippen molar-refractivity contribution in [2.24, 2.45) is 0 Å². The summed E-state index contributed by atoms with van der Waals surface area (Å²) in [4.78, 5) is 13.1. The lowest BCUT2D eigenvalue weighted by molar-refractivity contribution is -0.119. The highest BCUT2D eigenvalue weighted by Crippen LogP contribution is 2.26. The molecule has 1 atom stereocenters. The number of thioether (sulfide) groups is 1. The molecule has 0 unspecified atom stereocenters. The van der Waals surface area contributed by atoms with Crippen LogP contribution in [-0.4, -0.2) is 54.9 Å². The molecule has 2 aromatic rings. The summed E-state index contributed by atoms with van der Waals surface area (Å²) in [5.74, 6) is 1.54. The van der Waals surface area contributed by atoms with Crippen molar-refractivity contribution in [1.29, 1.82) is 0 Å². The zero-order valence-electron chi connectivity index (χ0n) is 14.4. The van der Waals surface area contributed by atoms with Crippen LogP contribution in [0.2, 0.25) is 0 Å². The molecule has 1 amide bonds. The molecule has 3 heterocycles. The number of piperidine rings is 1. The Hall–Kier alpha value is -1.36. The van der Waals surface area contributed by atoms with Gasteiger partial charge in [0.1, 0.15) is 0 Å². The van der Waals surface area contributed by atoms with E-state index in [9.17, 15) is 13.2 Å². The largest absolute Gasteiger partial charge is 0.355 e. The Bertz CT molecular complexity index is 833. The van der Waals surface area contributed by atoms with Crippen LogP contribution in [0.3, 0.4) is 0 Å². The lowest BCUT2D eigenvalue weighted by Crippen LogP contribution is -2.49. The average molecular weight is 416 g/mol. The van der Waals surface area contributed by atoms with Gasteiger partial charge < -0.3 is 9.84 Å². The quantitative estimate of drug-likeness (QED) is 0.745. The fraction of sp³-hybridized carbons (Fsp3) is 0.500. The first-order valence-electron chi connectivity index (χ1n) is 8.23. The predicted molar refractivity (Wildman–Crippen MR) is 104 cm³/mol. The number of hydrogen-bond acceptors (Lipinski definition) is 7. The van der Waals surface area contributed by atoms with E-state index in [2.05, 4.69) is 10.5 Å². The molecule has 0 aromatic carbocycles. The Morgan fingerprint density at radius 1 is 1.54 bits per heavy atom. The maximum Gasteiger partial charge on any atom is 0.230 e. The number of nitrogens with zero attached hydrogens (tertiary/aromatic N) is 2. The summed E-state index contributed by atoms with van der Waals surface area (Å²) >= 11 is 3.04. The van der Waals surface area contributed by atoms with E-state index in [1.165, 1.54) is 22.3 Å². The lowest BCUT2D eigenvalue weighted by Gasteiger charge is -2.31. The maximum absolute atomic E-state index is 12.1. The van der Waals surface area contributed by atoms with Gasteiger partial charge in [-0.1, -0.05) is 11.2 Å². The molecule has 1 N–H and O–H groups in total. The highest BCUT2D eigenvalue weighted by atomic mass is 32.2. The second-order valence-corrected chi connectivity index (χ2v) is 10.1. The summed E-state index contributed by atoms with van der Waals surface area (Å²) in [6.45, 7) is 0.876. The minimum absolute atomic E-state index is 0.0858. The number of thiophene rings is 1.